The molecule has 2 aromatic rings. The highest BCUT2D eigenvalue weighted by Gasteiger charge is 2.11. The molecule has 1 aromatic heterocycles. The number of nitrogens with one attached hydrogen (secondary N) is 1. The Morgan fingerprint density at radius 3 is 2.86 bits per heavy atom. The zero-order valence-electron chi connectivity index (χ0n) is 8.07. The van der Waals surface area contributed by atoms with Crippen LogP contribution in [0, 0.1) is 0 Å². The van der Waals surface area contributed by atoms with Crippen LogP contribution < -0.4 is 5.73 Å². The van der Waals surface area contributed by atoms with E-state index in [-0.39, 0.29) is 6.04 Å². The van der Waals surface area contributed by atoms with E-state index in [4.69, 9.17) is 5.73 Å². The lowest BCUT2D eigenvalue weighted by Crippen LogP contribution is -2.22. The molecule has 0 spiro atoms. The van der Waals surface area contributed by atoms with Crippen LogP contribution in [-0.2, 0) is 0 Å². The molecule has 2 rings (SSSR count). The number of H-pyrrole nitrogens is 1. The Bertz CT molecular complexity index is 434. The Kier molecular flexibility index (Phi) is 2.27. The predicted molar refractivity (Wildman–Crippen MR) is 56.9 cm³/mol. The van der Waals surface area contributed by atoms with Gasteiger partial charge in [0.1, 0.15) is 0 Å². The van der Waals surface area contributed by atoms with Crippen LogP contribution in [0.3, 0.4) is 0 Å². The number of aromatic nitrogens is 1. The van der Waals surface area contributed by atoms with Crippen LogP contribution in [0.2, 0.25) is 0 Å². The highest BCUT2D eigenvalue weighted by Crippen LogP contribution is 2.20. The minimum atomic E-state index is -0.522. The van der Waals surface area contributed by atoms with E-state index in [1.54, 1.807) is 6.92 Å². The fraction of sp³-hybridized carbons (Fsp3) is 0.273. The van der Waals surface area contributed by atoms with Gasteiger partial charge < -0.3 is 15.8 Å². The third kappa shape index (κ3) is 1.52. The van der Waals surface area contributed by atoms with Crippen molar-refractivity contribution < 1.29 is 5.11 Å². The second kappa shape index (κ2) is 3.44. The highest BCUT2D eigenvalue weighted by atomic mass is 16.3. The highest BCUT2D eigenvalue weighted by molar-refractivity contribution is 5.80. The van der Waals surface area contributed by atoms with Crippen molar-refractivity contribution in [2.75, 3.05) is 0 Å². The standard InChI is InChI=1S/C11H14N2O/c1-7(14)11(12)9-2-3-10-8(6-9)4-5-13-10/h2-7,11,13-14H,12H2,1H3/t7-,11-/m1/s1. The van der Waals surface area contributed by atoms with E-state index < -0.39 is 6.10 Å². The van der Waals surface area contributed by atoms with Crippen LogP contribution in [-0.4, -0.2) is 16.2 Å². The van der Waals surface area contributed by atoms with Gasteiger partial charge in [-0.1, -0.05) is 6.07 Å². The van der Waals surface area contributed by atoms with E-state index in [9.17, 15) is 5.11 Å². The maximum absolute atomic E-state index is 9.36. The molecule has 0 unspecified atom stereocenters. The summed E-state index contributed by atoms with van der Waals surface area (Å²) >= 11 is 0. The number of aliphatic hydroxyl groups excluding tert-OH is 1. The predicted octanol–water partition coefficient (Wildman–Crippen LogP) is 1.55. The van der Waals surface area contributed by atoms with Crippen molar-refractivity contribution in [1.29, 1.82) is 0 Å². The SMILES string of the molecule is C[C@@H](O)[C@@H](N)c1ccc2[nH]ccc2c1. The summed E-state index contributed by atoms with van der Waals surface area (Å²) in [7, 11) is 0. The number of hydrogen-bond acceptors (Lipinski definition) is 2. The normalized spacial score (nSPS) is 15.6. The number of aromatic amines is 1. The van der Waals surface area contributed by atoms with Gasteiger partial charge in [-0.2, -0.15) is 0 Å². The zero-order valence-corrected chi connectivity index (χ0v) is 8.07. The molecule has 3 nitrogen and oxygen atoms in total. The van der Waals surface area contributed by atoms with Gasteiger partial charge in [0.2, 0.25) is 0 Å². The van der Waals surface area contributed by atoms with E-state index in [0.29, 0.717) is 0 Å². The minimum absolute atomic E-state index is 0.311. The molecule has 0 fully saturated rings. The van der Waals surface area contributed by atoms with E-state index >= 15 is 0 Å². The van der Waals surface area contributed by atoms with Gasteiger partial charge in [0, 0.05) is 11.7 Å². The molecule has 1 heterocycles. The Morgan fingerprint density at radius 1 is 1.36 bits per heavy atom. The van der Waals surface area contributed by atoms with Crippen LogP contribution in [0.4, 0.5) is 0 Å². The lowest BCUT2D eigenvalue weighted by atomic mass is 10.0. The molecular formula is C11H14N2O. The zero-order chi connectivity index (χ0) is 10.1. The topological polar surface area (TPSA) is 62.0 Å². The molecule has 74 valence electrons. The van der Waals surface area contributed by atoms with E-state index in [1.807, 2.05) is 30.5 Å². The third-order valence-corrected chi connectivity index (χ3v) is 2.48. The lowest BCUT2D eigenvalue weighted by molar-refractivity contribution is 0.164. The summed E-state index contributed by atoms with van der Waals surface area (Å²) < 4.78 is 0. The van der Waals surface area contributed by atoms with Crippen molar-refractivity contribution in [3.8, 4) is 0 Å². The first-order valence-electron chi connectivity index (χ1n) is 4.69. The summed E-state index contributed by atoms with van der Waals surface area (Å²) in [5, 5.41) is 10.5. The number of benzene rings is 1. The average Bonchev–Trinajstić information content (AvgIpc) is 2.62. The number of nitrogens with two attached hydrogens (primary N) is 1. The molecule has 0 saturated carbocycles. The van der Waals surface area contributed by atoms with Gasteiger partial charge in [-0.15, -0.1) is 0 Å². The van der Waals surface area contributed by atoms with Gasteiger partial charge in [0.25, 0.3) is 0 Å². The van der Waals surface area contributed by atoms with Gasteiger partial charge in [0.15, 0.2) is 0 Å². The largest absolute Gasteiger partial charge is 0.391 e. The van der Waals surface area contributed by atoms with Crippen LogP contribution in [0.1, 0.15) is 18.5 Å². The van der Waals surface area contributed by atoms with Gasteiger partial charge in [-0.05, 0) is 36.1 Å². The Hall–Kier alpha value is -1.32. The summed E-state index contributed by atoms with van der Waals surface area (Å²) in [6.07, 6.45) is 1.37. The first-order valence-corrected chi connectivity index (χ1v) is 4.69. The Labute approximate surface area is 82.6 Å². The lowest BCUT2D eigenvalue weighted by Gasteiger charge is -2.14. The molecule has 0 amide bonds. The first-order chi connectivity index (χ1) is 6.68. The van der Waals surface area contributed by atoms with Crippen LogP contribution in [0.5, 0.6) is 0 Å². The number of aliphatic hydroxyl groups is 1. The quantitative estimate of drug-likeness (QED) is 0.672. The number of hydrogen-bond donors (Lipinski definition) is 3. The van der Waals surface area contributed by atoms with Crippen molar-refractivity contribution in [2.45, 2.75) is 19.1 Å². The fourth-order valence-corrected chi connectivity index (χ4v) is 1.56. The Balaban J connectivity index is 2.43. The molecule has 1 aromatic carbocycles. The number of fused-ring (bicyclic) bond motifs is 1. The van der Waals surface area contributed by atoms with Crippen LogP contribution in [0.15, 0.2) is 30.5 Å². The van der Waals surface area contributed by atoms with Gasteiger partial charge >= 0.3 is 0 Å². The van der Waals surface area contributed by atoms with Crippen LogP contribution >= 0.6 is 0 Å². The number of rotatable bonds is 2. The summed E-state index contributed by atoms with van der Waals surface area (Å²) in [5.41, 5.74) is 7.89. The maximum Gasteiger partial charge on any atom is 0.0704 e. The van der Waals surface area contributed by atoms with Crippen LogP contribution in [0.25, 0.3) is 10.9 Å². The molecular weight excluding hydrogens is 176 g/mol. The molecule has 0 aliphatic carbocycles. The molecule has 0 bridgehead atoms. The second-order valence-corrected chi connectivity index (χ2v) is 3.59. The maximum atomic E-state index is 9.36. The molecule has 0 radical (unpaired) electrons. The molecule has 2 atom stereocenters. The van der Waals surface area contributed by atoms with Crippen molar-refractivity contribution in [3.63, 3.8) is 0 Å². The first kappa shape index (κ1) is 9.24. The van der Waals surface area contributed by atoms with Crippen molar-refractivity contribution in [3.05, 3.63) is 36.0 Å². The van der Waals surface area contributed by atoms with Gasteiger partial charge in [-0.25, -0.2) is 0 Å². The van der Waals surface area contributed by atoms with E-state index in [0.717, 1.165) is 16.5 Å². The third-order valence-electron chi connectivity index (χ3n) is 2.48. The van der Waals surface area contributed by atoms with E-state index in [1.165, 1.54) is 0 Å². The van der Waals surface area contributed by atoms with Gasteiger partial charge in [-0.3, -0.25) is 0 Å². The summed E-state index contributed by atoms with van der Waals surface area (Å²) in [6, 6.07) is 7.61. The molecule has 0 aliphatic heterocycles. The molecule has 3 heteroatoms. The molecule has 0 aliphatic rings. The summed E-state index contributed by atoms with van der Waals surface area (Å²) in [4.78, 5) is 3.11. The smallest absolute Gasteiger partial charge is 0.0704 e. The molecule has 4 N–H and O–H groups in total. The monoisotopic (exact) mass is 190 g/mol. The summed E-state index contributed by atoms with van der Waals surface area (Å²) in [6.45, 7) is 1.70. The van der Waals surface area contributed by atoms with E-state index in [2.05, 4.69) is 4.98 Å². The summed E-state index contributed by atoms with van der Waals surface area (Å²) in [5.74, 6) is 0. The molecule has 14 heavy (non-hydrogen) atoms. The minimum Gasteiger partial charge on any atom is -0.391 e. The second-order valence-electron chi connectivity index (χ2n) is 3.59. The van der Waals surface area contributed by atoms with Gasteiger partial charge in [0.05, 0.1) is 12.1 Å². The van der Waals surface area contributed by atoms with Crippen molar-refractivity contribution in [1.82, 2.24) is 4.98 Å². The molecule has 0 saturated heterocycles. The van der Waals surface area contributed by atoms with Crippen molar-refractivity contribution in [2.24, 2.45) is 5.73 Å². The fourth-order valence-electron chi connectivity index (χ4n) is 1.56. The van der Waals surface area contributed by atoms with Crippen molar-refractivity contribution >= 4 is 10.9 Å². The average molecular weight is 190 g/mol. The Morgan fingerprint density at radius 2 is 2.14 bits per heavy atom.